The van der Waals surface area contributed by atoms with Crippen molar-refractivity contribution in [2.75, 3.05) is 0 Å². The molecule has 0 radical (unpaired) electrons. The Morgan fingerprint density at radius 1 is 1.39 bits per heavy atom. The Labute approximate surface area is 115 Å². The molecular formula is C13H15N3S2. The lowest BCUT2D eigenvalue weighted by Crippen LogP contribution is -2.29. The highest BCUT2D eigenvalue weighted by Crippen LogP contribution is 2.39. The molecule has 0 bridgehead atoms. The quantitative estimate of drug-likeness (QED) is 0.917. The molecule has 0 aliphatic heterocycles. The van der Waals surface area contributed by atoms with Gasteiger partial charge in [-0.15, -0.1) is 0 Å². The minimum absolute atomic E-state index is 0.101. The number of hydrogen-bond donors (Lipinski definition) is 1. The lowest BCUT2D eigenvalue weighted by Gasteiger charge is -2.29. The third kappa shape index (κ3) is 2.30. The molecule has 0 saturated carbocycles. The average molecular weight is 277 g/mol. The van der Waals surface area contributed by atoms with Crippen molar-refractivity contribution in [3.8, 4) is 0 Å². The lowest BCUT2D eigenvalue weighted by molar-refractivity contribution is 0.586. The van der Waals surface area contributed by atoms with Crippen molar-refractivity contribution in [3.05, 3.63) is 41.2 Å². The number of aryl methyl sites for hydroxylation is 2. The van der Waals surface area contributed by atoms with Gasteiger partial charge in [0.2, 0.25) is 0 Å². The first kappa shape index (κ1) is 12.1. The standard InChI is InChI=1S/C13H15N3S2/c1-8-15-13(18-16-8)17-11-7-6-9-4-2-3-5-10(9)12(11)14/h2-5,11-12H,6-7,14H2,1H3. The summed E-state index contributed by atoms with van der Waals surface area (Å²) < 4.78 is 5.25. The second-order valence-electron chi connectivity index (χ2n) is 4.53. The van der Waals surface area contributed by atoms with Crippen LogP contribution in [0.3, 0.4) is 0 Å². The summed E-state index contributed by atoms with van der Waals surface area (Å²) in [7, 11) is 0. The third-order valence-corrected chi connectivity index (χ3v) is 5.51. The molecule has 3 rings (SSSR count). The molecular weight excluding hydrogens is 262 g/mol. The van der Waals surface area contributed by atoms with Crippen LogP contribution in [-0.4, -0.2) is 14.6 Å². The molecule has 94 valence electrons. The van der Waals surface area contributed by atoms with Crippen molar-refractivity contribution in [3.63, 3.8) is 0 Å². The van der Waals surface area contributed by atoms with Gasteiger partial charge in [0.25, 0.3) is 0 Å². The molecule has 1 aromatic carbocycles. The van der Waals surface area contributed by atoms with Crippen LogP contribution in [0, 0.1) is 6.92 Å². The Morgan fingerprint density at radius 2 is 2.22 bits per heavy atom. The summed E-state index contributed by atoms with van der Waals surface area (Å²) in [5.74, 6) is 0.854. The maximum absolute atomic E-state index is 6.38. The molecule has 2 atom stereocenters. The fourth-order valence-corrected chi connectivity index (χ4v) is 4.40. The normalized spacial score (nSPS) is 22.8. The highest BCUT2D eigenvalue weighted by Gasteiger charge is 2.28. The third-order valence-electron chi connectivity index (χ3n) is 3.27. The Kier molecular flexibility index (Phi) is 3.37. The van der Waals surface area contributed by atoms with Gasteiger partial charge < -0.3 is 5.73 Å². The zero-order valence-electron chi connectivity index (χ0n) is 10.2. The van der Waals surface area contributed by atoms with Crippen LogP contribution in [0.2, 0.25) is 0 Å². The summed E-state index contributed by atoms with van der Waals surface area (Å²) in [4.78, 5) is 4.41. The fraction of sp³-hybridized carbons (Fsp3) is 0.385. The van der Waals surface area contributed by atoms with Gasteiger partial charge in [0.15, 0.2) is 4.34 Å². The van der Waals surface area contributed by atoms with Crippen LogP contribution in [-0.2, 0) is 6.42 Å². The van der Waals surface area contributed by atoms with Crippen molar-refractivity contribution < 1.29 is 0 Å². The number of hydrogen-bond acceptors (Lipinski definition) is 5. The van der Waals surface area contributed by atoms with Gasteiger partial charge in [-0.05, 0) is 42.4 Å². The van der Waals surface area contributed by atoms with Gasteiger partial charge in [0.05, 0.1) is 0 Å². The van der Waals surface area contributed by atoms with Gasteiger partial charge in [0.1, 0.15) is 5.82 Å². The molecule has 3 nitrogen and oxygen atoms in total. The van der Waals surface area contributed by atoms with E-state index in [4.69, 9.17) is 5.73 Å². The summed E-state index contributed by atoms with van der Waals surface area (Å²) in [6.45, 7) is 1.93. The van der Waals surface area contributed by atoms with Crippen LogP contribution in [0.1, 0.15) is 29.4 Å². The first-order chi connectivity index (χ1) is 8.74. The molecule has 1 aromatic heterocycles. The minimum atomic E-state index is 0.101. The molecule has 0 fully saturated rings. The highest BCUT2D eigenvalue weighted by molar-refractivity contribution is 8.01. The predicted molar refractivity (Wildman–Crippen MR) is 76.0 cm³/mol. The van der Waals surface area contributed by atoms with E-state index in [1.54, 1.807) is 11.8 Å². The van der Waals surface area contributed by atoms with Gasteiger partial charge in [-0.2, -0.15) is 4.37 Å². The summed E-state index contributed by atoms with van der Waals surface area (Å²) >= 11 is 3.25. The average Bonchev–Trinajstić information content (AvgIpc) is 2.79. The predicted octanol–water partition coefficient (Wildman–Crippen LogP) is 2.95. The van der Waals surface area contributed by atoms with E-state index in [0.717, 1.165) is 23.0 Å². The zero-order valence-corrected chi connectivity index (χ0v) is 11.8. The highest BCUT2D eigenvalue weighted by atomic mass is 32.2. The van der Waals surface area contributed by atoms with Gasteiger partial charge in [0, 0.05) is 11.3 Å². The van der Waals surface area contributed by atoms with Crippen LogP contribution in [0.15, 0.2) is 28.6 Å². The first-order valence-corrected chi connectivity index (χ1v) is 7.69. The van der Waals surface area contributed by atoms with Crippen molar-refractivity contribution in [1.82, 2.24) is 9.36 Å². The Bertz CT molecular complexity index is 553. The van der Waals surface area contributed by atoms with Crippen molar-refractivity contribution in [1.29, 1.82) is 0 Å². The van der Waals surface area contributed by atoms with Crippen molar-refractivity contribution in [2.24, 2.45) is 5.73 Å². The number of aromatic nitrogens is 2. The summed E-state index contributed by atoms with van der Waals surface area (Å²) in [6.07, 6.45) is 2.22. The van der Waals surface area contributed by atoms with Gasteiger partial charge in [-0.25, -0.2) is 4.98 Å². The molecule has 0 amide bonds. The molecule has 0 spiro atoms. The second kappa shape index (κ2) is 4.99. The number of benzene rings is 1. The van der Waals surface area contributed by atoms with Gasteiger partial charge >= 0.3 is 0 Å². The van der Waals surface area contributed by atoms with Crippen molar-refractivity contribution in [2.45, 2.75) is 35.4 Å². The lowest BCUT2D eigenvalue weighted by atomic mass is 9.88. The monoisotopic (exact) mass is 277 g/mol. The Hall–Kier alpha value is -0.910. The van der Waals surface area contributed by atoms with E-state index in [-0.39, 0.29) is 6.04 Å². The summed E-state index contributed by atoms with van der Waals surface area (Å²) in [5.41, 5.74) is 9.07. The fourth-order valence-electron chi connectivity index (χ4n) is 2.35. The molecule has 2 aromatic rings. The molecule has 1 aliphatic rings. The van der Waals surface area contributed by atoms with Crippen LogP contribution < -0.4 is 5.73 Å². The number of thioether (sulfide) groups is 1. The van der Waals surface area contributed by atoms with Gasteiger partial charge in [-0.3, -0.25) is 0 Å². The molecule has 5 heteroatoms. The van der Waals surface area contributed by atoms with Crippen LogP contribution >= 0.6 is 23.3 Å². The minimum Gasteiger partial charge on any atom is -0.323 e. The van der Waals surface area contributed by atoms with E-state index in [1.807, 2.05) is 6.92 Å². The second-order valence-corrected chi connectivity index (χ2v) is 6.77. The molecule has 2 unspecified atom stereocenters. The SMILES string of the molecule is Cc1nsc(SC2CCc3ccccc3C2N)n1. The van der Waals surface area contributed by atoms with Crippen molar-refractivity contribution >= 4 is 23.3 Å². The van der Waals surface area contributed by atoms with E-state index >= 15 is 0 Å². The molecule has 0 saturated heterocycles. The Morgan fingerprint density at radius 3 is 3.00 bits per heavy atom. The molecule has 1 aliphatic carbocycles. The van der Waals surface area contributed by atoms with E-state index < -0.39 is 0 Å². The zero-order chi connectivity index (χ0) is 12.5. The first-order valence-electron chi connectivity index (χ1n) is 6.04. The van der Waals surface area contributed by atoms with Crippen LogP contribution in [0.25, 0.3) is 0 Å². The maximum Gasteiger partial charge on any atom is 0.170 e. The van der Waals surface area contributed by atoms with Gasteiger partial charge in [-0.1, -0.05) is 36.0 Å². The topological polar surface area (TPSA) is 51.8 Å². The van der Waals surface area contributed by atoms with Crippen LogP contribution in [0.5, 0.6) is 0 Å². The molecule has 2 N–H and O–H groups in total. The van der Waals surface area contributed by atoms with E-state index in [0.29, 0.717) is 5.25 Å². The van der Waals surface area contributed by atoms with E-state index in [1.165, 1.54) is 22.7 Å². The number of fused-ring (bicyclic) bond motifs is 1. The number of nitrogens with zero attached hydrogens (tertiary/aromatic N) is 2. The molecule has 1 heterocycles. The largest absolute Gasteiger partial charge is 0.323 e. The van der Waals surface area contributed by atoms with E-state index in [9.17, 15) is 0 Å². The Balaban J connectivity index is 1.80. The number of nitrogens with two attached hydrogens (primary N) is 1. The smallest absolute Gasteiger partial charge is 0.170 e. The maximum atomic E-state index is 6.38. The summed E-state index contributed by atoms with van der Waals surface area (Å²) in [6, 6.07) is 8.60. The summed E-state index contributed by atoms with van der Waals surface area (Å²) in [5, 5.41) is 0.409. The van der Waals surface area contributed by atoms with E-state index in [2.05, 4.69) is 33.6 Å². The number of rotatable bonds is 2. The molecule has 18 heavy (non-hydrogen) atoms. The van der Waals surface area contributed by atoms with Crippen LogP contribution in [0.4, 0.5) is 0 Å².